The first kappa shape index (κ1) is 18.4. The lowest BCUT2D eigenvalue weighted by Crippen LogP contribution is -2.48. The van der Waals surface area contributed by atoms with Gasteiger partial charge in [0.2, 0.25) is 5.91 Å². The maximum absolute atomic E-state index is 13.0. The molecule has 3 saturated heterocycles. The monoisotopic (exact) mass is 372 g/mol. The molecule has 0 aromatic carbocycles. The first-order valence-corrected chi connectivity index (χ1v) is 9.84. The van der Waals surface area contributed by atoms with Gasteiger partial charge in [-0.05, 0) is 43.9 Å². The summed E-state index contributed by atoms with van der Waals surface area (Å²) in [5.74, 6) is 0.303. The molecular formula is C20H28N4O3. The van der Waals surface area contributed by atoms with Crippen molar-refractivity contribution < 1.29 is 14.3 Å². The van der Waals surface area contributed by atoms with Crippen LogP contribution >= 0.6 is 0 Å². The van der Waals surface area contributed by atoms with Gasteiger partial charge >= 0.3 is 0 Å². The second-order valence-corrected chi connectivity index (χ2v) is 8.11. The Morgan fingerprint density at radius 2 is 1.89 bits per heavy atom. The van der Waals surface area contributed by atoms with Gasteiger partial charge in [0.05, 0.1) is 24.8 Å². The topological polar surface area (TPSA) is 66.0 Å². The van der Waals surface area contributed by atoms with Crippen LogP contribution in [0, 0.1) is 5.41 Å². The van der Waals surface area contributed by atoms with Crippen LogP contribution in [0.4, 0.5) is 0 Å². The number of likely N-dealkylation sites (tertiary alicyclic amines) is 2. The normalized spacial score (nSPS) is 25.7. The summed E-state index contributed by atoms with van der Waals surface area (Å²) in [4.78, 5) is 35.7. The van der Waals surface area contributed by atoms with Gasteiger partial charge in [0.1, 0.15) is 0 Å². The summed E-state index contributed by atoms with van der Waals surface area (Å²) in [5, 5.41) is 0. The van der Waals surface area contributed by atoms with Gasteiger partial charge in [0.25, 0.3) is 5.91 Å². The highest BCUT2D eigenvalue weighted by atomic mass is 16.5. The van der Waals surface area contributed by atoms with Gasteiger partial charge in [-0.1, -0.05) is 0 Å². The molecule has 4 heterocycles. The van der Waals surface area contributed by atoms with E-state index in [2.05, 4.69) is 16.9 Å². The van der Waals surface area contributed by atoms with Crippen molar-refractivity contribution in [2.24, 2.45) is 5.41 Å². The lowest BCUT2D eigenvalue weighted by atomic mass is 9.76. The number of ether oxygens (including phenoxy) is 1. The number of rotatable bonds is 2. The van der Waals surface area contributed by atoms with Crippen molar-refractivity contribution in [2.45, 2.75) is 25.3 Å². The van der Waals surface area contributed by atoms with Crippen LogP contribution in [0.3, 0.4) is 0 Å². The van der Waals surface area contributed by atoms with E-state index in [0.717, 1.165) is 38.9 Å². The van der Waals surface area contributed by atoms with Crippen molar-refractivity contribution in [3.05, 3.63) is 30.1 Å². The second kappa shape index (κ2) is 7.56. The van der Waals surface area contributed by atoms with E-state index in [9.17, 15) is 9.59 Å². The molecule has 3 aliphatic rings. The number of nitrogens with zero attached hydrogens (tertiary/aromatic N) is 4. The fraction of sp³-hybridized carbons (Fsp3) is 0.650. The average Bonchev–Trinajstić information content (AvgIpc) is 3.04. The van der Waals surface area contributed by atoms with Crippen molar-refractivity contribution in [2.75, 3.05) is 53.0 Å². The van der Waals surface area contributed by atoms with Gasteiger partial charge in [-0.3, -0.25) is 19.5 Å². The number of hydrogen-bond acceptors (Lipinski definition) is 5. The zero-order valence-electron chi connectivity index (χ0n) is 16.0. The standard InChI is InChI=1S/C20H28N4O3/c1-22-15-20(13-17(22)19(26)24-9-11-27-12-10-24)4-7-23(8-5-20)18(25)16-3-2-6-21-14-16/h2-3,6,14,17H,4-5,7-13,15H2,1H3. The number of likely N-dealkylation sites (N-methyl/N-ethyl adjacent to an activating group) is 1. The third-order valence-electron chi connectivity index (χ3n) is 6.37. The highest BCUT2D eigenvalue weighted by Crippen LogP contribution is 2.43. The molecule has 7 heteroatoms. The largest absolute Gasteiger partial charge is 0.378 e. The first-order valence-electron chi connectivity index (χ1n) is 9.84. The minimum absolute atomic E-state index is 0.0383. The molecule has 0 radical (unpaired) electrons. The van der Waals surface area contributed by atoms with Gasteiger partial charge in [-0.25, -0.2) is 0 Å². The molecule has 0 N–H and O–H groups in total. The molecule has 146 valence electrons. The predicted octanol–water partition coefficient (Wildman–Crippen LogP) is 0.867. The van der Waals surface area contributed by atoms with Crippen LogP contribution in [0.2, 0.25) is 0 Å². The van der Waals surface area contributed by atoms with Crippen LogP contribution in [0.1, 0.15) is 29.6 Å². The molecule has 4 rings (SSSR count). The number of carbonyl (C=O) groups excluding carboxylic acids is 2. The molecule has 1 aromatic heterocycles. The van der Waals surface area contributed by atoms with Gasteiger partial charge in [-0.2, -0.15) is 0 Å². The molecule has 0 bridgehead atoms. The lowest BCUT2D eigenvalue weighted by molar-refractivity contribution is -0.139. The van der Waals surface area contributed by atoms with Gasteiger partial charge in [0.15, 0.2) is 0 Å². The Labute approximate surface area is 160 Å². The van der Waals surface area contributed by atoms with E-state index in [0.29, 0.717) is 31.9 Å². The van der Waals surface area contributed by atoms with Crippen molar-refractivity contribution >= 4 is 11.8 Å². The van der Waals surface area contributed by atoms with E-state index in [1.54, 1.807) is 18.5 Å². The molecule has 1 atom stereocenters. The fourth-order valence-corrected chi connectivity index (χ4v) is 4.76. The van der Waals surface area contributed by atoms with Crippen LogP contribution in [-0.2, 0) is 9.53 Å². The molecule has 3 aliphatic heterocycles. The number of hydrogen-bond donors (Lipinski definition) is 0. The van der Waals surface area contributed by atoms with Gasteiger partial charge < -0.3 is 14.5 Å². The molecule has 2 amide bonds. The lowest BCUT2D eigenvalue weighted by Gasteiger charge is -2.39. The first-order chi connectivity index (χ1) is 13.1. The molecule has 3 fully saturated rings. The van der Waals surface area contributed by atoms with Crippen molar-refractivity contribution in [1.29, 1.82) is 0 Å². The van der Waals surface area contributed by atoms with Crippen LogP contribution in [0.25, 0.3) is 0 Å². The molecule has 1 spiro atoms. The average molecular weight is 372 g/mol. The highest BCUT2D eigenvalue weighted by Gasteiger charge is 2.48. The number of amides is 2. The number of carbonyl (C=O) groups is 2. The Balaban J connectivity index is 1.37. The van der Waals surface area contributed by atoms with E-state index in [4.69, 9.17) is 4.74 Å². The predicted molar refractivity (Wildman–Crippen MR) is 100 cm³/mol. The summed E-state index contributed by atoms with van der Waals surface area (Å²) in [5.41, 5.74) is 0.796. The quantitative estimate of drug-likeness (QED) is 0.771. The fourth-order valence-electron chi connectivity index (χ4n) is 4.76. The zero-order valence-corrected chi connectivity index (χ0v) is 16.0. The number of morpholine rings is 1. The molecule has 0 aliphatic carbocycles. The van der Waals surface area contributed by atoms with E-state index in [1.165, 1.54) is 0 Å². The summed E-state index contributed by atoms with van der Waals surface area (Å²) in [6, 6.07) is 3.58. The van der Waals surface area contributed by atoms with E-state index < -0.39 is 0 Å². The second-order valence-electron chi connectivity index (χ2n) is 8.11. The maximum atomic E-state index is 13.0. The number of piperidine rings is 1. The highest BCUT2D eigenvalue weighted by molar-refractivity contribution is 5.93. The van der Waals surface area contributed by atoms with Gasteiger partial charge in [-0.15, -0.1) is 0 Å². The van der Waals surface area contributed by atoms with Crippen LogP contribution < -0.4 is 0 Å². The van der Waals surface area contributed by atoms with Crippen LogP contribution in [-0.4, -0.2) is 90.5 Å². The third-order valence-corrected chi connectivity index (χ3v) is 6.37. The van der Waals surface area contributed by atoms with Crippen LogP contribution in [0.15, 0.2) is 24.5 Å². The molecule has 1 aromatic rings. The minimum Gasteiger partial charge on any atom is -0.378 e. The summed E-state index contributed by atoms with van der Waals surface area (Å²) < 4.78 is 5.37. The third kappa shape index (κ3) is 3.71. The van der Waals surface area contributed by atoms with Gasteiger partial charge in [0, 0.05) is 45.1 Å². The van der Waals surface area contributed by atoms with E-state index in [1.807, 2.05) is 15.9 Å². The van der Waals surface area contributed by atoms with Crippen molar-refractivity contribution in [3.63, 3.8) is 0 Å². The SMILES string of the molecule is CN1CC2(CCN(C(=O)c3cccnc3)CC2)CC1C(=O)N1CCOCC1. The summed E-state index contributed by atoms with van der Waals surface area (Å²) in [6.07, 6.45) is 6.12. The van der Waals surface area contributed by atoms with Crippen molar-refractivity contribution in [1.82, 2.24) is 19.7 Å². The summed E-state index contributed by atoms with van der Waals surface area (Å²) in [7, 11) is 2.06. The summed E-state index contributed by atoms with van der Waals surface area (Å²) in [6.45, 7) is 5.10. The Kier molecular flexibility index (Phi) is 5.14. The zero-order chi connectivity index (χ0) is 18.9. The number of aromatic nitrogens is 1. The Hall–Kier alpha value is -1.99. The van der Waals surface area contributed by atoms with E-state index in [-0.39, 0.29) is 23.3 Å². The van der Waals surface area contributed by atoms with E-state index >= 15 is 0 Å². The molecule has 27 heavy (non-hydrogen) atoms. The minimum atomic E-state index is -0.0383. The van der Waals surface area contributed by atoms with Crippen LogP contribution in [0.5, 0.6) is 0 Å². The molecule has 0 saturated carbocycles. The Morgan fingerprint density at radius 3 is 2.56 bits per heavy atom. The smallest absolute Gasteiger partial charge is 0.255 e. The molecule has 1 unspecified atom stereocenters. The Morgan fingerprint density at radius 1 is 1.15 bits per heavy atom. The van der Waals surface area contributed by atoms with Crippen molar-refractivity contribution in [3.8, 4) is 0 Å². The summed E-state index contributed by atoms with van der Waals surface area (Å²) >= 11 is 0. The number of pyridine rings is 1. The maximum Gasteiger partial charge on any atom is 0.255 e. The Bertz CT molecular complexity index is 682. The molecular weight excluding hydrogens is 344 g/mol. The molecule has 7 nitrogen and oxygen atoms in total.